The van der Waals surface area contributed by atoms with E-state index in [-0.39, 0.29) is 12.5 Å². The largest absolute Gasteiger partial charge is 0.493 e. The van der Waals surface area contributed by atoms with E-state index in [9.17, 15) is 4.79 Å². The van der Waals surface area contributed by atoms with Gasteiger partial charge in [-0.2, -0.15) is 16.1 Å². The highest BCUT2D eigenvalue weighted by Gasteiger charge is 2.15. The van der Waals surface area contributed by atoms with Crippen LogP contribution in [0.25, 0.3) is 11.4 Å². The molecule has 0 radical (unpaired) electrons. The molecule has 0 saturated carbocycles. The lowest BCUT2D eigenvalue weighted by Crippen LogP contribution is -2.30. The highest BCUT2D eigenvalue weighted by atomic mass is 32.1. The Balaban J connectivity index is 1.68. The fourth-order valence-corrected chi connectivity index (χ4v) is 3.05. The number of hydrogen-bond acceptors (Lipinski definition) is 7. The Hall–Kier alpha value is -2.94. The Morgan fingerprint density at radius 1 is 1.23 bits per heavy atom. The molecule has 0 fully saturated rings. The van der Waals surface area contributed by atoms with Crippen molar-refractivity contribution in [3.05, 3.63) is 40.6 Å². The first-order chi connectivity index (χ1) is 12.6. The maximum atomic E-state index is 12.3. The molecule has 0 bridgehead atoms. The summed E-state index contributed by atoms with van der Waals surface area (Å²) in [6.07, 6.45) is 0. The highest BCUT2D eigenvalue weighted by Crippen LogP contribution is 2.30. The van der Waals surface area contributed by atoms with Crippen LogP contribution < -0.4 is 9.47 Å². The summed E-state index contributed by atoms with van der Waals surface area (Å²) in [5.74, 6) is 1.52. The summed E-state index contributed by atoms with van der Waals surface area (Å²) in [4.78, 5) is 15.3. The average Bonchev–Trinajstić information content (AvgIpc) is 3.33. The molecule has 0 aliphatic rings. The second-order valence-electron chi connectivity index (χ2n) is 5.59. The first-order valence-corrected chi connectivity index (χ1v) is 8.80. The van der Waals surface area contributed by atoms with Crippen molar-refractivity contribution in [2.45, 2.75) is 13.1 Å². The summed E-state index contributed by atoms with van der Waals surface area (Å²) in [6, 6.07) is 7.35. The van der Waals surface area contributed by atoms with Gasteiger partial charge in [-0.3, -0.25) is 4.79 Å². The summed E-state index contributed by atoms with van der Waals surface area (Å²) in [6.45, 7) is 0.584. The van der Waals surface area contributed by atoms with E-state index >= 15 is 0 Å². The third kappa shape index (κ3) is 3.99. The minimum Gasteiger partial charge on any atom is -0.493 e. The van der Waals surface area contributed by atoms with Gasteiger partial charge in [0.2, 0.25) is 11.7 Å². The molecule has 1 aromatic carbocycles. The Kier molecular flexibility index (Phi) is 5.47. The van der Waals surface area contributed by atoms with Crippen molar-refractivity contribution in [3.8, 4) is 22.9 Å². The Morgan fingerprint density at radius 3 is 2.73 bits per heavy atom. The van der Waals surface area contributed by atoms with Gasteiger partial charge in [0.1, 0.15) is 6.54 Å². The van der Waals surface area contributed by atoms with E-state index in [1.54, 1.807) is 49.6 Å². The number of aromatic nitrogens is 4. The molecule has 3 rings (SSSR count). The molecule has 9 heteroatoms. The van der Waals surface area contributed by atoms with Gasteiger partial charge in [-0.15, -0.1) is 10.2 Å². The predicted molar refractivity (Wildman–Crippen MR) is 97.2 cm³/mol. The number of rotatable bonds is 7. The smallest absolute Gasteiger partial charge is 0.246 e. The first-order valence-electron chi connectivity index (χ1n) is 7.86. The van der Waals surface area contributed by atoms with E-state index in [4.69, 9.17) is 9.47 Å². The zero-order valence-corrected chi connectivity index (χ0v) is 15.6. The van der Waals surface area contributed by atoms with E-state index in [2.05, 4.69) is 15.4 Å². The van der Waals surface area contributed by atoms with E-state index in [0.29, 0.717) is 23.9 Å². The van der Waals surface area contributed by atoms with Crippen molar-refractivity contribution in [2.75, 3.05) is 21.3 Å². The number of hydrogen-bond donors (Lipinski definition) is 0. The van der Waals surface area contributed by atoms with Crippen molar-refractivity contribution in [3.63, 3.8) is 0 Å². The molecular formula is C17H19N5O3S. The third-order valence-electron chi connectivity index (χ3n) is 3.80. The van der Waals surface area contributed by atoms with Gasteiger partial charge in [-0.05, 0) is 45.8 Å². The number of carbonyl (C=O) groups is 1. The number of ether oxygens (including phenoxy) is 2. The van der Waals surface area contributed by atoms with Crippen LogP contribution in [0, 0.1) is 0 Å². The maximum Gasteiger partial charge on any atom is 0.246 e. The van der Waals surface area contributed by atoms with Crippen LogP contribution in [-0.2, 0) is 17.9 Å². The third-order valence-corrected chi connectivity index (χ3v) is 4.53. The minimum absolute atomic E-state index is 0.0287. The summed E-state index contributed by atoms with van der Waals surface area (Å²) in [7, 11) is 4.89. The number of thiophene rings is 1. The van der Waals surface area contributed by atoms with E-state index < -0.39 is 0 Å². The monoisotopic (exact) mass is 373 g/mol. The number of methoxy groups -OCH3 is 2. The predicted octanol–water partition coefficient (Wildman–Crippen LogP) is 2.08. The van der Waals surface area contributed by atoms with Crippen molar-refractivity contribution in [2.24, 2.45) is 0 Å². The van der Waals surface area contributed by atoms with Crippen LogP contribution in [0.1, 0.15) is 5.56 Å². The Bertz CT molecular complexity index is 878. The van der Waals surface area contributed by atoms with E-state index in [1.807, 2.05) is 22.9 Å². The second kappa shape index (κ2) is 7.96. The van der Waals surface area contributed by atoms with Gasteiger partial charge in [0, 0.05) is 19.2 Å². The molecule has 0 N–H and O–H groups in total. The molecule has 0 aliphatic heterocycles. The fraction of sp³-hybridized carbons (Fsp3) is 0.294. The zero-order valence-electron chi connectivity index (χ0n) is 14.7. The molecule has 0 spiro atoms. The molecule has 8 nitrogen and oxygen atoms in total. The normalized spacial score (nSPS) is 10.6. The number of nitrogens with zero attached hydrogens (tertiary/aromatic N) is 5. The summed E-state index contributed by atoms with van der Waals surface area (Å²) < 4.78 is 10.5. The van der Waals surface area contributed by atoms with Gasteiger partial charge in [-0.1, -0.05) is 0 Å². The molecule has 3 aromatic rings. The minimum atomic E-state index is -0.0903. The quantitative estimate of drug-likeness (QED) is 0.631. The van der Waals surface area contributed by atoms with Crippen LogP contribution in [0.4, 0.5) is 0 Å². The topological polar surface area (TPSA) is 82.4 Å². The Morgan fingerprint density at radius 2 is 2.04 bits per heavy atom. The van der Waals surface area contributed by atoms with Gasteiger partial charge >= 0.3 is 0 Å². The van der Waals surface area contributed by atoms with Crippen molar-refractivity contribution < 1.29 is 14.3 Å². The Labute approximate surface area is 155 Å². The van der Waals surface area contributed by atoms with Gasteiger partial charge in [0.25, 0.3) is 0 Å². The lowest BCUT2D eigenvalue weighted by atomic mass is 10.2. The molecule has 0 unspecified atom stereocenters. The average molecular weight is 373 g/mol. The SMILES string of the molecule is COc1ccc(-c2nnn(CC(=O)N(C)Cc3ccsc3)n2)cc1OC. The van der Waals surface area contributed by atoms with Crippen molar-refractivity contribution >= 4 is 17.2 Å². The first kappa shape index (κ1) is 17.9. The van der Waals surface area contributed by atoms with Gasteiger partial charge in [0.15, 0.2) is 11.5 Å². The van der Waals surface area contributed by atoms with E-state index in [0.717, 1.165) is 11.1 Å². The maximum absolute atomic E-state index is 12.3. The number of likely N-dealkylation sites (N-methyl/N-ethyl adjacent to an activating group) is 1. The van der Waals surface area contributed by atoms with Crippen molar-refractivity contribution in [1.29, 1.82) is 0 Å². The standard InChI is InChI=1S/C17H19N5O3S/c1-21(9-12-6-7-26-11-12)16(23)10-22-19-17(18-20-22)13-4-5-14(24-2)15(8-13)25-3/h4-8,11H,9-10H2,1-3H3. The van der Waals surface area contributed by atoms with Crippen LogP contribution >= 0.6 is 11.3 Å². The highest BCUT2D eigenvalue weighted by molar-refractivity contribution is 7.07. The summed E-state index contributed by atoms with van der Waals surface area (Å²) in [5.41, 5.74) is 1.83. The number of amides is 1. The van der Waals surface area contributed by atoms with Crippen LogP contribution in [-0.4, -0.2) is 52.3 Å². The van der Waals surface area contributed by atoms with Gasteiger partial charge in [-0.25, -0.2) is 0 Å². The van der Waals surface area contributed by atoms with Gasteiger partial charge < -0.3 is 14.4 Å². The molecule has 0 atom stereocenters. The molecule has 136 valence electrons. The summed E-state index contributed by atoms with van der Waals surface area (Å²) >= 11 is 1.61. The zero-order chi connectivity index (χ0) is 18.5. The number of tetrazole rings is 1. The molecule has 2 aromatic heterocycles. The molecule has 0 aliphatic carbocycles. The summed E-state index contributed by atoms with van der Waals surface area (Å²) in [5, 5.41) is 16.3. The van der Waals surface area contributed by atoms with Crippen LogP contribution in [0.3, 0.4) is 0 Å². The second-order valence-corrected chi connectivity index (χ2v) is 6.37. The molecule has 1 amide bonds. The molecule has 26 heavy (non-hydrogen) atoms. The number of benzene rings is 1. The number of carbonyl (C=O) groups excluding carboxylic acids is 1. The lowest BCUT2D eigenvalue weighted by molar-refractivity contribution is -0.131. The lowest BCUT2D eigenvalue weighted by Gasteiger charge is -2.15. The molecule has 2 heterocycles. The van der Waals surface area contributed by atoms with Crippen LogP contribution in [0.5, 0.6) is 11.5 Å². The van der Waals surface area contributed by atoms with E-state index in [1.165, 1.54) is 4.80 Å². The fourth-order valence-electron chi connectivity index (χ4n) is 2.39. The van der Waals surface area contributed by atoms with Crippen LogP contribution in [0.15, 0.2) is 35.0 Å². The van der Waals surface area contributed by atoms with Crippen molar-refractivity contribution in [1.82, 2.24) is 25.1 Å². The molecule has 0 saturated heterocycles. The van der Waals surface area contributed by atoms with Gasteiger partial charge in [0.05, 0.1) is 14.2 Å². The van der Waals surface area contributed by atoms with Crippen LogP contribution in [0.2, 0.25) is 0 Å². The molecular weight excluding hydrogens is 354 g/mol.